The highest BCUT2D eigenvalue weighted by Crippen LogP contribution is 2.32. The lowest BCUT2D eigenvalue weighted by molar-refractivity contribution is -0.146. The van der Waals surface area contributed by atoms with Crippen LogP contribution in [0.25, 0.3) is 0 Å². The lowest BCUT2D eigenvalue weighted by Crippen LogP contribution is -2.53. The summed E-state index contributed by atoms with van der Waals surface area (Å²) in [5.41, 5.74) is 0.364. The van der Waals surface area contributed by atoms with E-state index < -0.39 is 11.5 Å². The number of benzene rings is 1. The van der Waals surface area contributed by atoms with Crippen LogP contribution in [0, 0.1) is 5.92 Å². The molecule has 2 rings (SSSR count). The number of carboxylic acid groups (broad SMARTS) is 1. The molecule has 0 amide bonds. The summed E-state index contributed by atoms with van der Waals surface area (Å²) >= 11 is 3.43. The van der Waals surface area contributed by atoms with E-state index in [0.717, 1.165) is 35.7 Å². The number of nitrogens with one attached hydrogen (secondary N) is 1. The first kappa shape index (κ1) is 14.5. The Balaban J connectivity index is 2.04. The van der Waals surface area contributed by atoms with Crippen LogP contribution in [0.2, 0.25) is 0 Å². The number of carbonyl (C=O) groups is 1. The zero-order chi connectivity index (χ0) is 13.9. The second-order valence-electron chi connectivity index (χ2n) is 5.55. The van der Waals surface area contributed by atoms with Crippen molar-refractivity contribution < 1.29 is 9.90 Å². The minimum Gasteiger partial charge on any atom is -0.480 e. The van der Waals surface area contributed by atoms with Crippen LogP contribution in [0.15, 0.2) is 28.7 Å². The van der Waals surface area contributed by atoms with Crippen LogP contribution in [0.1, 0.15) is 38.2 Å². The highest BCUT2D eigenvalue weighted by atomic mass is 79.9. The summed E-state index contributed by atoms with van der Waals surface area (Å²) in [6.07, 6.45) is 3.41. The molecule has 3 nitrogen and oxygen atoms in total. The van der Waals surface area contributed by atoms with Gasteiger partial charge in [0.25, 0.3) is 0 Å². The van der Waals surface area contributed by atoms with Gasteiger partial charge < -0.3 is 5.11 Å². The van der Waals surface area contributed by atoms with Crippen molar-refractivity contribution in [3.63, 3.8) is 0 Å². The number of rotatable bonds is 4. The number of carboxylic acids is 1. The zero-order valence-corrected chi connectivity index (χ0v) is 12.7. The Hall–Kier alpha value is -0.870. The maximum atomic E-state index is 11.6. The zero-order valence-electron chi connectivity index (χ0n) is 11.2. The lowest BCUT2D eigenvalue weighted by atomic mass is 9.77. The molecule has 0 aromatic heterocycles. The average Bonchev–Trinajstić information content (AvgIpc) is 2.38. The number of aliphatic carboxylic acids is 1. The predicted molar refractivity (Wildman–Crippen MR) is 79.0 cm³/mol. The van der Waals surface area contributed by atoms with E-state index in [-0.39, 0.29) is 0 Å². The summed E-state index contributed by atoms with van der Waals surface area (Å²) in [5, 5.41) is 12.8. The van der Waals surface area contributed by atoms with Crippen molar-refractivity contribution in [1.29, 1.82) is 0 Å². The topological polar surface area (TPSA) is 49.3 Å². The van der Waals surface area contributed by atoms with Crippen molar-refractivity contribution in [3.05, 3.63) is 34.3 Å². The monoisotopic (exact) mass is 325 g/mol. The Bertz CT molecular complexity index is 453. The highest BCUT2D eigenvalue weighted by Gasteiger charge is 2.40. The van der Waals surface area contributed by atoms with Gasteiger partial charge in [-0.2, -0.15) is 0 Å². The molecule has 0 atom stereocenters. The molecule has 104 valence electrons. The fourth-order valence-electron chi connectivity index (χ4n) is 2.64. The summed E-state index contributed by atoms with van der Waals surface area (Å²) in [6, 6.07) is 7.98. The minimum absolute atomic E-state index is 0.597. The van der Waals surface area contributed by atoms with Gasteiger partial charge in [-0.05, 0) is 49.3 Å². The minimum atomic E-state index is -0.741. The second-order valence-corrected chi connectivity index (χ2v) is 6.47. The molecule has 1 fully saturated rings. The van der Waals surface area contributed by atoms with Crippen LogP contribution in [0.3, 0.4) is 0 Å². The SMILES string of the molecule is CC1CCC(NCc2cccc(Br)c2)(C(=O)O)CC1. The number of hydrogen-bond acceptors (Lipinski definition) is 2. The van der Waals surface area contributed by atoms with Crippen molar-refractivity contribution in [2.45, 2.75) is 44.7 Å². The van der Waals surface area contributed by atoms with Gasteiger partial charge in [-0.15, -0.1) is 0 Å². The molecule has 1 aliphatic rings. The Labute approximate surface area is 122 Å². The average molecular weight is 326 g/mol. The third-order valence-corrected chi connectivity index (χ3v) is 4.55. The van der Waals surface area contributed by atoms with Crippen molar-refractivity contribution in [1.82, 2.24) is 5.32 Å². The van der Waals surface area contributed by atoms with Gasteiger partial charge >= 0.3 is 5.97 Å². The van der Waals surface area contributed by atoms with Crippen LogP contribution >= 0.6 is 15.9 Å². The van der Waals surface area contributed by atoms with Gasteiger partial charge in [0.15, 0.2) is 0 Å². The molecule has 0 heterocycles. The van der Waals surface area contributed by atoms with E-state index in [1.807, 2.05) is 24.3 Å². The quantitative estimate of drug-likeness (QED) is 0.889. The van der Waals surface area contributed by atoms with E-state index in [2.05, 4.69) is 28.2 Å². The highest BCUT2D eigenvalue weighted by molar-refractivity contribution is 9.10. The molecule has 1 aromatic carbocycles. The van der Waals surface area contributed by atoms with Crippen LogP contribution in [-0.4, -0.2) is 16.6 Å². The first-order chi connectivity index (χ1) is 9.02. The fourth-order valence-corrected chi connectivity index (χ4v) is 3.09. The van der Waals surface area contributed by atoms with Gasteiger partial charge in [0.2, 0.25) is 0 Å². The van der Waals surface area contributed by atoms with Gasteiger partial charge in [-0.1, -0.05) is 35.0 Å². The Kier molecular flexibility index (Phi) is 4.63. The van der Waals surface area contributed by atoms with E-state index >= 15 is 0 Å². The van der Waals surface area contributed by atoms with Gasteiger partial charge in [0.1, 0.15) is 5.54 Å². The first-order valence-electron chi connectivity index (χ1n) is 6.75. The number of hydrogen-bond donors (Lipinski definition) is 2. The summed E-state index contributed by atoms with van der Waals surface area (Å²) in [4.78, 5) is 11.6. The van der Waals surface area contributed by atoms with E-state index in [1.165, 1.54) is 0 Å². The van der Waals surface area contributed by atoms with Crippen LogP contribution in [-0.2, 0) is 11.3 Å². The van der Waals surface area contributed by atoms with Crippen LogP contribution < -0.4 is 5.32 Å². The van der Waals surface area contributed by atoms with Crippen LogP contribution in [0.4, 0.5) is 0 Å². The van der Waals surface area contributed by atoms with Crippen molar-refractivity contribution >= 4 is 21.9 Å². The van der Waals surface area contributed by atoms with Gasteiger partial charge in [-0.3, -0.25) is 10.1 Å². The molecule has 0 unspecified atom stereocenters. The molecule has 0 radical (unpaired) electrons. The maximum absolute atomic E-state index is 11.6. The molecule has 0 bridgehead atoms. The summed E-state index contributed by atoms with van der Waals surface area (Å²) < 4.78 is 1.02. The third-order valence-electron chi connectivity index (χ3n) is 4.06. The third kappa shape index (κ3) is 3.57. The second kappa shape index (κ2) is 6.06. The first-order valence-corrected chi connectivity index (χ1v) is 7.54. The van der Waals surface area contributed by atoms with E-state index in [4.69, 9.17) is 0 Å². The number of halogens is 1. The molecule has 0 spiro atoms. The van der Waals surface area contributed by atoms with Gasteiger partial charge in [0, 0.05) is 11.0 Å². The molecule has 0 saturated heterocycles. The van der Waals surface area contributed by atoms with E-state index in [0.29, 0.717) is 12.5 Å². The summed E-state index contributed by atoms with van der Waals surface area (Å²) in [5.74, 6) is -0.0745. The van der Waals surface area contributed by atoms with Crippen LogP contribution in [0.5, 0.6) is 0 Å². The molecule has 1 aromatic rings. The smallest absolute Gasteiger partial charge is 0.323 e. The molecule has 19 heavy (non-hydrogen) atoms. The van der Waals surface area contributed by atoms with Gasteiger partial charge in [-0.25, -0.2) is 0 Å². The molecular weight excluding hydrogens is 306 g/mol. The molecule has 2 N–H and O–H groups in total. The lowest BCUT2D eigenvalue weighted by Gasteiger charge is -2.36. The molecular formula is C15H20BrNO2. The molecule has 0 aliphatic heterocycles. The Morgan fingerprint density at radius 1 is 1.47 bits per heavy atom. The summed E-state index contributed by atoms with van der Waals surface area (Å²) in [7, 11) is 0. The molecule has 1 aliphatic carbocycles. The Morgan fingerprint density at radius 2 is 2.16 bits per heavy atom. The van der Waals surface area contributed by atoms with E-state index in [1.54, 1.807) is 0 Å². The summed E-state index contributed by atoms with van der Waals surface area (Å²) in [6.45, 7) is 2.79. The maximum Gasteiger partial charge on any atom is 0.323 e. The van der Waals surface area contributed by atoms with Crippen molar-refractivity contribution in [3.8, 4) is 0 Å². The van der Waals surface area contributed by atoms with Crippen molar-refractivity contribution in [2.24, 2.45) is 5.92 Å². The largest absolute Gasteiger partial charge is 0.480 e. The fraction of sp³-hybridized carbons (Fsp3) is 0.533. The normalized spacial score (nSPS) is 27.2. The standard InChI is InChI=1S/C15H20BrNO2/c1-11-5-7-15(8-6-11,14(18)19)17-10-12-3-2-4-13(16)9-12/h2-4,9,11,17H,5-8,10H2,1H3,(H,18,19). The van der Waals surface area contributed by atoms with Gasteiger partial charge in [0.05, 0.1) is 0 Å². The molecule has 4 heteroatoms. The predicted octanol–water partition coefficient (Wildman–Crippen LogP) is 3.57. The Morgan fingerprint density at radius 3 is 2.74 bits per heavy atom. The van der Waals surface area contributed by atoms with E-state index in [9.17, 15) is 9.90 Å². The van der Waals surface area contributed by atoms with Crippen molar-refractivity contribution in [2.75, 3.05) is 0 Å². The molecule has 1 saturated carbocycles.